The molecule has 9 heteroatoms. The van der Waals surface area contributed by atoms with Crippen molar-refractivity contribution in [1.82, 2.24) is 9.55 Å². The molecule has 2 rings (SSSR count). The molecular formula is C12H20N4O5. The summed E-state index contributed by atoms with van der Waals surface area (Å²) in [6, 6.07) is 0. The zero-order valence-corrected chi connectivity index (χ0v) is 11.4. The second-order valence-corrected chi connectivity index (χ2v) is 4.96. The minimum absolute atomic E-state index is 0.108. The molecule has 0 unspecified atom stereocenters. The van der Waals surface area contributed by atoms with Crippen LogP contribution in [0.2, 0.25) is 0 Å². The van der Waals surface area contributed by atoms with Gasteiger partial charge in [0, 0.05) is 11.8 Å². The van der Waals surface area contributed by atoms with Crippen molar-refractivity contribution in [2.45, 2.75) is 37.4 Å². The van der Waals surface area contributed by atoms with Crippen LogP contribution in [0.1, 0.15) is 18.2 Å². The van der Waals surface area contributed by atoms with E-state index in [0.717, 1.165) is 4.57 Å². The molecule has 0 radical (unpaired) electrons. The Kier molecular flexibility index (Phi) is 4.91. The van der Waals surface area contributed by atoms with Crippen molar-refractivity contribution in [3.63, 3.8) is 0 Å². The predicted molar refractivity (Wildman–Crippen MR) is 73.3 cm³/mol. The average Bonchev–Trinajstić information content (AvgIpc) is 2.74. The van der Waals surface area contributed by atoms with E-state index in [1.54, 1.807) is 0 Å². The molecule has 0 spiro atoms. The van der Waals surface area contributed by atoms with Crippen molar-refractivity contribution >= 4 is 5.82 Å². The molecular weight excluding hydrogens is 280 g/mol. The molecule has 0 aliphatic carbocycles. The summed E-state index contributed by atoms with van der Waals surface area (Å²) in [6.45, 7) is -0.00166. The van der Waals surface area contributed by atoms with E-state index < -0.39 is 36.8 Å². The fraction of sp³-hybridized carbons (Fsp3) is 0.667. The van der Waals surface area contributed by atoms with Crippen molar-refractivity contribution in [2.75, 3.05) is 18.9 Å². The number of ether oxygens (including phenoxy) is 1. The predicted octanol–water partition coefficient (Wildman–Crippen LogP) is -2.67. The van der Waals surface area contributed by atoms with Gasteiger partial charge in [-0.3, -0.25) is 4.57 Å². The fourth-order valence-corrected chi connectivity index (χ4v) is 2.30. The number of aliphatic hydroxyl groups is 3. The van der Waals surface area contributed by atoms with E-state index in [-0.39, 0.29) is 5.82 Å². The maximum atomic E-state index is 11.9. The van der Waals surface area contributed by atoms with E-state index in [9.17, 15) is 15.0 Å². The molecule has 9 nitrogen and oxygen atoms in total. The molecule has 7 N–H and O–H groups in total. The van der Waals surface area contributed by atoms with Gasteiger partial charge in [-0.25, -0.2) is 4.79 Å². The van der Waals surface area contributed by atoms with E-state index in [2.05, 4.69) is 4.98 Å². The summed E-state index contributed by atoms with van der Waals surface area (Å²) in [6.07, 6.45) is -2.05. The Morgan fingerprint density at radius 1 is 1.38 bits per heavy atom. The van der Waals surface area contributed by atoms with Gasteiger partial charge in [-0.05, 0) is 19.4 Å². The van der Waals surface area contributed by atoms with Gasteiger partial charge < -0.3 is 31.5 Å². The number of aromatic nitrogens is 2. The molecule has 0 aromatic carbocycles. The number of nitrogens with zero attached hydrogens (tertiary/aromatic N) is 2. The quantitative estimate of drug-likeness (QED) is 0.394. The first-order valence-corrected chi connectivity index (χ1v) is 6.69. The van der Waals surface area contributed by atoms with Crippen molar-refractivity contribution in [3.05, 3.63) is 22.2 Å². The molecule has 0 saturated carbocycles. The fourth-order valence-electron chi connectivity index (χ4n) is 2.30. The maximum absolute atomic E-state index is 11.9. The van der Waals surface area contributed by atoms with E-state index in [0.29, 0.717) is 24.9 Å². The van der Waals surface area contributed by atoms with Gasteiger partial charge in [-0.15, -0.1) is 0 Å². The van der Waals surface area contributed by atoms with E-state index >= 15 is 0 Å². The number of hydrogen-bond acceptors (Lipinski definition) is 8. The molecule has 1 saturated heterocycles. The molecule has 1 fully saturated rings. The molecule has 1 aliphatic rings. The number of nitrogens with two attached hydrogens (primary N) is 2. The zero-order chi connectivity index (χ0) is 15.6. The Labute approximate surface area is 120 Å². The Balaban J connectivity index is 2.33. The van der Waals surface area contributed by atoms with Crippen molar-refractivity contribution < 1.29 is 20.1 Å². The van der Waals surface area contributed by atoms with E-state index in [1.807, 2.05) is 0 Å². The van der Waals surface area contributed by atoms with Crippen LogP contribution >= 0.6 is 0 Å². The molecule has 0 amide bonds. The smallest absolute Gasteiger partial charge is 0.351 e. The van der Waals surface area contributed by atoms with Crippen LogP contribution < -0.4 is 17.2 Å². The van der Waals surface area contributed by atoms with Crippen LogP contribution in [0.25, 0.3) is 0 Å². The minimum atomic E-state index is -1.34. The van der Waals surface area contributed by atoms with Gasteiger partial charge in [0.2, 0.25) is 0 Å². The van der Waals surface area contributed by atoms with Crippen LogP contribution in [-0.4, -0.2) is 56.3 Å². The number of nitrogen functional groups attached to an aromatic ring is 1. The first kappa shape index (κ1) is 15.9. The van der Waals surface area contributed by atoms with Gasteiger partial charge in [0.25, 0.3) is 0 Å². The SMILES string of the molecule is NCCCc1cn([C@@H]2O[C@H](CO)[C@@H](O)[C@H]2O)c(=O)nc1N. The van der Waals surface area contributed by atoms with Gasteiger partial charge >= 0.3 is 5.69 Å². The Bertz CT molecular complexity index is 549. The van der Waals surface area contributed by atoms with Gasteiger partial charge in [0.15, 0.2) is 6.23 Å². The topological polar surface area (TPSA) is 157 Å². The molecule has 1 aromatic rings. The summed E-state index contributed by atoms with van der Waals surface area (Å²) in [5.74, 6) is 0.108. The normalized spacial score (nSPS) is 29.0. The third-order valence-electron chi connectivity index (χ3n) is 3.50. The lowest BCUT2D eigenvalue weighted by Gasteiger charge is -2.18. The van der Waals surface area contributed by atoms with Gasteiger partial charge in [-0.2, -0.15) is 4.98 Å². The first-order chi connectivity index (χ1) is 9.99. The van der Waals surface area contributed by atoms with Crippen LogP contribution in [0.5, 0.6) is 0 Å². The molecule has 118 valence electrons. The highest BCUT2D eigenvalue weighted by atomic mass is 16.6. The summed E-state index contributed by atoms with van der Waals surface area (Å²) < 4.78 is 6.38. The van der Waals surface area contributed by atoms with Crippen LogP contribution in [0.3, 0.4) is 0 Å². The maximum Gasteiger partial charge on any atom is 0.351 e. The lowest BCUT2D eigenvalue weighted by molar-refractivity contribution is -0.0550. The molecule has 1 aliphatic heterocycles. The Hall–Kier alpha value is -1.52. The molecule has 2 heterocycles. The van der Waals surface area contributed by atoms with Crippen molar-refractivity contribution in [2.24, 2.45) is 5.73 Å². The summed E-state index contributed by atoms with van der Waals surface area (Å²) >= 11 is 0. The number of hydrogen-bond donors (Lipinski definition) is 5. The molecule has 0 bridgehead atoms. The van der Waals surface area contributed by atoms with Gasteiger partial charge in [-0.1, -0.05) is 0 Å². The molecule has 21 heavy (non-hydrogen) atoms. The highest BCUT2D eigenvalue weighted by Crippen LogP contribution is 2.28. The van der Waals surface area contributed by atoms with Crippen LogP contribution in [0.4, 0.5) is 5.82 Å². The van der Waals surface area contributed by atoms with E-state index in [4.69, 9.17) is 21.3 Å². The van der Waals surface area contributed by atoms with Crippen molar-refractivity contribution in [1.29, 1.82) is 0 Å². The summed E-state index contributed by atoms with van der Waals surface area (Å²) in [7, 11) is 0. The first-order valence-electron chi connectivity index (χ1n) is 6.69. The third kappa shape index (κ3) is 3.06. The Morgan fingerprint density at radius 3 is 2.67 bits per heavy atom. The highest BCUT2D eigenvalue weighted by molar-refractivity contribution is 5.36. The number of rotatable bonds is 5. The van der Waals surface area contributed by atoms with Crippen LogP contribution in [0.15, 0.2) is 11.0 Å². The summed E-state index contributed by atoms with van der Waals surface area (Å²) in [5, 5.41) is 28.8. The lowest BCUT2D eigenvalue weighted by atomic mass is 10.1. The number of anilines is 1. The molecule has 1 aromatic heterocycles. The number of aliphatic hydroxyl groups excluding tert-OH is 3. The Morgan fingerprint density at radius 2 is 2.10 bits per heavy atom. The molecule has 4 atom stereocenters. The van der Waals surface area contributed by atoms with Gasteiger partial charge in [0.1, 0.15) is 24.1 Å². The van der Waals surface area contributed by atoms with Crippen molar-refractivity contribution in [3.8, 4) is 0 Å². The third-order valence-corrected chi connectivity index (χ3v) is 3.50. The lowest BCUT2D eigenvalue weighted by Crippen LogP contribution is -2.36. The second-order valence-electron chi connectivity index (χ2n) is 4.96. The minimum Gasteiger partial charge on any atom is -0.394 e. The van der Waals surface area contributed by atoms with E-state index in [1.165, 1.54) is 6.20 Å². The summed E-state index contributed by atoms with van der Waals surface area (Å²) in [4.78, 5) is 15.6. The highest BCUT2D eigenvalue weighted by Gasteiger charge is 2.43. The van der Waals surface area contributed by atoms with Crippen LogP contribution in [0, 0.1) is 0 Å². The average molecular weight is 300 g/mol. The zero-order valence-electron chi connectivity index (χ0n) is 11.4. The second kappa shape index (κ2) is 6.50. The monoisotopic (exact) mass is 300 g/mol. The number of aryl methyl sites for hydroxylation is 1. The largest absolute Gasteiger partial charge is 0.394 e. The van der Waals surface area contributed by atoms with Crippen LogP contribution in [-0.2, 0) is 11.2 Å². The van der Waals surface area contributed by atoms with Gasteiger partial charge in [0.05, 0.1) is 6.61 Å². The summed E-state index contributed by atoms with van der Waals surface area (Å²) in [5.41, 5.74) is 11.0. The standard InChI is InChI=1S/C12H20N4O5/c13-3-1-2-6-4-16(12(20)15-10(6)14)11-9(19)8(18)7(5-17)21-11/h4,7-9,11,17-19H,1-3,5,13H2,(H2,14,15,20)/t7-,8-,9-,11-/m1/s1.